The number of amides is 1. The normalized spacial score (nSPS) is 25.3. The maximum absolute atomic E-state index is 13.2. The number of aliphatic carboxylic acids is 1. The summed E-state index contributed by atoms with van der Waals surface area (Å²) in [5.41, 5.74) is 0.809. The van der Waals surface area contributed by atoms with Gasteiger partial charge in [0.25, 0.3) is 15.9 Å². The van der Waals surface area contributed by atoms with E-state index in [0.717, 1.165) is 49.9 Å². The van der Waals surface area contributed by atoms with Crippen molar-refractivity contribution in [1.29, 1.82) is 0 Å². The number of fused-ring (bicyclic) bond motifs is 2. The van der Waals surface area contributed by atoms with Gasteiger partial charge in [-0.3, -0.25) is 4.79 Å². The maximum atomic E-state index is 13.2. The van der Waals surface area contributed by atoms with Gasteiger partial charge >= 0.3 is 5.97 Å². The van der Waals surface area contributed by atoms with E-state index in [1.165, 1.54) is 22.3 Å². The average Bonchev–Trinajstić information content (AvgIpc) is 3.46. The number of nitrogens with one attached hydrogen (secondary N) is 1. The van der Waals surface area contributed by atoms with E-state index in [1.807, 2.05) is 0 Å². The summed E-state index contributed by atoms with van der Waals surface area (Å²) in [7, 11) is -3.72. The smallest absolute Gasteiger partial charge is 0.327 e. The number of aromatic nitrogens is 1. The van der Waals surface area contributed by atoms with Gasteiger partial charge in [0.15, 0.2) is 0 Å². The Bertz CT molecular complexity index is 1220. The molecular weight excluding hydrogens is 484 g/mol. The molecule has 190 valence electrons. The maximum Gasteiger partial charge on any atom is 0.327 e. The van der Waals surface area contributed by atoms with Crippen molar-refractivity contribution in [3.8, 4) is 0 Å². The van der Waals surface area contributed by atoms with E-state index in [2.05, 4.69) is 19.2 Å². The SMILES string of the molecule is Cc1cccn1S(=O)(=O)c1ccc(C(=O)NC2C(CCCC/C=C/C(=O)O)CC3CC2C3(C)C)s1. The summed E-state index contributed by atoms with van der Waals surface area (Å²) in [4.78, 5) is 24.3. The van der Waals surface area contributed by atoms with Gasteiger partial charge in [-0.2, -0.15) is 8.42 Å². The van der Waals surface area contributed by atoms with E-state index < -0.39 is 16.0 Å². The Morgan fingerprint density at radius 2 is 2.00 bits per heavy atom. The molecule has 2 aromatic rings. The first-order chi connectivity index (χ1) is 16.5. The first-order valence-corrected chi connectivity index (χ1v) is 14.5. The molecule has 4 atom stereocenters. The molecule has 1 amide bonds. The van der Waals surface area contributed by atoms with E-state index in [4.69, 9.17) is 5.11 Å². The Balaban J connectivity index is 1.43. The average molecular weight is 519 g/mol. The first kappa shape index (κ1) is 25.7. The Morgan fingerprint density at radius 1 is 1.23 bits per heavy atom. The van der Waals surface area contributed by atoms with Gasteiger partial charge in [0.05, 0.1) is 4.88 Å². The van der Waals surface area contributed by atoms with Crippen molar-refractivity contribution in [2.75, 3.05) is 0 Å². The number of allylic oxidation sites excluding steroid dienone is 1. The van der Waals surface area contributed by atoms with Crippen LogP contribution >= 0.6 is 11.3 Å². The van der Waals surface area contributed by atoms with E-state index in [-0.39, 0.29) is 21.6 Å². The Labute approximate surface area is 211 Å². The highest BCUT2D eigenvalue weighted by Crippen LogP contribution is 2.61. The molecule has 0 aromatic carbocycles. The van der Waals surface area contributed by atoms with Crippen LogP contribution in [0, 0.1) is 30.1 Å². The monoisotopic (exact) mass is 518 g/mol. The van der Waals surface area contributed by atoms with Gasteiger partial charge in [0.2, 0.25) is 0 Å². The Kier molecular flexibility index (Phi) is 7.29. The number of thiophene rings is 1. The second-order valence-electron chi connectivity index (χ2n) is 10.4. The van der Waals surface area contributed by atoms with E-state index in [9.17, 15) is 18.0 Å². The van der Waals surface area contributed by atoms with Crippen LogP contribution in [0.4, 0.5) is 0 Å². The van der Waals surface area contributed by atoms with Crippen molar-refractivity contribution in [2.24, 2.45) is 23.2 Å². The lowest BCUT2D eigenvalue weighted by Crippen LogP contribution is -2.63. The summed E-state index contributed by atoms with van der Waals surface area (Å²) in [6.45, 7) is 6.30. The number of unbranched alkanes of at least 4 members (excludes halogenated alkanes) is 2. The van der Waals surface area contributed by atoms with Crippen LogP contribution in [-0.4, -0.2) is 35.4 Å². The number of carbonyl (C=O) groups is 2. The molecule has 0 radical (unpaired) electrons. The Morgan fingerprint density at radius 3 is 2.66 bits per heavy atom. The topological polar surface area (TPSA) is 105 Å². The van der Waals surface area contributed by atoms with E-state index >= 15 is 0 Å². The molecule has 9 heteroatoms. The van der Waals surface area contributed by atoms with Gasteiger partial charge in [-0.25, -0.2) is 8.77 Å². The number of hydrogen-bond donors (Lipinski definition) is 2. The molecule has 5 rings (SSSR count). The summed E-state index contributed by atoms with van der Waals surface area (Å²) in [5.74, 6) is 0.329. The minimum Gasteiger partial charge on any atom is -0.478 e. The zero-order chi connectivity index (χ0) is 25.4. The number of nitrogens with zero attached hydrogens (tertiary/aromatic N) is 1. The van der Waals surface area contributed by atoms with E-state index in [0.29, 0.717) is 28.3 Å². The minimum atomic E-state index is -3.72. The Hall–Kier alpha value is -2.39. The van der Waals surface area contributed by atoms with Gasteiger partial charge in [-0.05, 0) is 86.5 Å². The molecule has 2 aromatic heterocycles. The number of rotatable bonds is 10. The van der Waals surface area contributed by atoms with Crippen LogP contribution < -0.4 is 5.32 Å². The summed E-state index contributed by atoms with van der Waals surface area (Å²) in [5, 5.41) is 12.0. The molecule has 35 heavy (non-hydrogen) atoms. The van der Waals surface area contributed by atoms with Crippen LogP contribution in [0.3, 0.4) is 0 Å². The van der Waals surface area contributed by atoms with Crippen LogP contribution in [0.1, 0.15) is 67.7 Å². The molecule has 0 spiro atoms. The van der Waals surface area contributed by atoms with Crippen molar-refractivity contribution in [2.45, 2.75) is 69.5 Å². The van der Waals surface area contributed by atoms with Gasteiger partial charge in [0, 0.05) is 24.0 Å². The number of aryl methyl sites for hydroxylation is 1. The fraction of sp³-hybridized carbons (Fsp3) is 0.538. The zero-order valence-electron chi connectivity index (χ0n) is 20.4. The van der Waals surface area contributed by atoms with Crippen molar-refractivity contribution in [3.63, 3.8) is 0 Å². The highest BCUT2D eigenvalue weighted by Gasteiger charge is 2.57. The third-order valence-corrected chi connectivity index (χ3v) is 11.4. The van der Waals surface area contributed by atoms with Crippen molar-refractivity contribution in [1.82, 2.24) is 9.29 Å². The predicted octanol–water partition coefficient (Wildman–Crippen LogP) is 5.08. The zero-order valence-corrected chi connectivity index (χ0v) is 22.1. The van der Waals surface area contributed by atoms with Crippen molar-refractivity contribution >= 4 is 33.2 Å². The molecule has 3 fully saturated rings. The predicted molar refractivity (Wildman–Crippen MR) is 136 cm³/mol. The van der Waals surface area contributed by atoms with Crippen molar-refractivity contribution in [3.05, 3.63) is 53.2 Å². The van der Waals surface area contributed by atoms with Crippen LogP contribution in [-0.2, 0) is 14.8 Å². The van der Waals surface area contributed by atoms with Gasteiger partial charge in [-0.15, -0.1) is 11.3 Å². The third-order valence-electron chi connectivity index (χ3n) is 8.05. The lowest BCUT2D eigenvalue weighted by Gasteiger charge is -2.62. The second-order valence-corrected chi connectivity index (χ2v) is 13.6. The van der Waals surface area contributed by atoms with Crippen LogP contribution in [0.15, 0.2) is 46.8 Å². The number of carbonyl (C=O) groups excluding carboxylic acids is 1. The largest absolute Gasteiger partial charge is 0.478 e. The molecule has 2 heterocycles. The molecule has 4 unspecified atom stereocenters. The molecule has 3 saturated carbocycles. The molecule has 2 bridgehead atoms. The first-order valence-electron chi connectivity index (χ1n) is 12.2. The molecule has 3 aliphatic rings. The highest BCUT2D eigenvalue weighted by atomic mass is 32.2. The van der Waals surface area contributed by atoms with Crippen LogP contribution in [0.2, 0.25) is 0 Å². The fourth-order valence-corrected chi connectivity index (χ4v) is 8.57. The molecule has 0 aliphatic heterocycles. The molecule has 0 saturated heterocycles. The summed E-state index contributed by atoms with van der Waals surface area (Å²) >= 11 is 1.01. The molecule has 7 nitrogen and oxygen atoms in total. The molecular formula is C26H34N2O5S2. The third kappa shape index (κ3) is 5.11. The fourth-order valence-electron chi connectivity index (χ4n) is 5.90. The molecule has 2 N–H and O–H groups in total. The second kappa shape index (κ2) is 9.93. The highest BCUT2D eigenvalue weighted by molar-refractivity contribution is 7.92. The number of carboxylic acids is 1. The van der Waals surface area contributed by atoms with E-state index in [1.54, 1.807) is 31.2 Å². The quantitative estimate of drug-likeness (QED) is 0.337. The summed E-state index contributed by atoms with van der Waals surface area (Å²) in [6, 6.07) is 6.60. The van der Waals surface area contributed by atoms with Gasteiger partial charge in [-0.1, -0.05) is 26.3 Å². The van der Waals surface area contributed by atoms with Gasteiger partial charge in [0.1, 0.15) is 4.21 Å². The van der Waals surface area contributed by atoms with Crippen LogP contribution in [0.5, 0.6) is 0 Å². The molecule has 3 aliphatic carbocycles. The lowest BCUT2D eigenvalue weighted by atomic mass is 9.44. The minimum absolute atomic E-state index is 0.0610. The standard InChI is InChI=1S/C26H34N2O5S2/c1-17-9-8-14-28(17)35(32,33)23-13-12-21(34-23)25(31)27-24-18(10-6-4-5-7-11-22(29)30)15-19-16-20(24)26(19,2)3/h7-9,11-14,18-20,24H,4-6,10,15-16H2,1-3H3,(H,27,31)(H,29,30)/b11-7+. The van der Waals surface area contributed by atoms with Crippen LogP contribution in [0.25, 0.3) is 0 Å². The van der Waals surface area contributed by atoms with Crippen molar-refractivity contribution < 1.29 is 23.1 Å². The number of carboxylic acid groups (broad SMARTS) is 1. The van der Waals surface area contributed by atoms with Gasteiger partial charge < -0.3 is 10.4 Å². The number of hydrogen-bond acceptors (Lipinski definition) is 5. The summed E-state index contributed by atoms with van der Waals surface area (Å²) < 4.78 is 27.3. The summed E-state index contributed by atoms with van der Waals surface area (Å²) in [6.07, 6.45) is 10.2. The lowest BCUT2D eigenvalue weighted by molar-refractivity contribution is -0.131.